The molecule has 1 amide bonds. The third-order valence-corrected chi connectivity index (χ3v) is 4.22. The molecular formula is C17H26N2O. The van der Waals surface area contributed by atoms with Crippen LogP contribution >= 0.6 is 0 Å². The van der Waals surface area contributed by atoms with Gasteiger partial charge < -0.3 is 5.73 Å². The second kappa shape index (κ2) is 5.96. The number of rotatable bonds is 3. The van der Waals surface area contributed by atoms with Crippen molar-refractivity contribution in [2.45, 2.75) is 45.6 Å². The van der Waals surface area contributed by atoms with Crippen molar-refractivity contribution in [2.24, 2.45) is 11.7 Å². The zero-order valence-corrected chi connectivity index (χ0v) is 12.9. The number of piperidine rings is 1. The molecule has 1 aliphatic heterocycles. The summed E-state index contributed by atoms with van der Waals surface area (Å²) in [6.45, 7) is 9.60. The average Bonchev–Trinajstić information content (AvgIpc) is 2.39. The molecule has 1 aromatic carbocycles. The first-order chi connectivity index (χ1) is 9.36. The number of carbonyl (C=O) groups excluding carboxylic acids is 1. The topological polar surface area (TPSA) is 46.3 Å². The summed E-state index contributed by atoms with van der Waals surface area (Å²) >= 11 is 0. The van der Waals surface area contributed by atoms with Gasteiger partial charge in [-0.2, -0.15) is 0 Å². The maximum absolute atomic E-state index is 11.2. The molecule has 0 spiro atoms. The van der Waals surface area contributed by atoms with Gasteiger partial charge in [0, 0.05) is 12.5 Å². The third kappa shape index (κ3) is 3.83. The van der Waals surface area contributed by atoms with Crippen LogP contribution in [0.2, 0.25) is 0 Å². The molecule has 3 nitrogen and oxygen atoms in total. The Hall–Kier alpha value is -1.35. The molecule has 1 aromatic rings. The summed E-state index contributed by atoms with van der Waals surface area (Å²) in [6, 6.07) is 8.90. The van der Waals surface area contributed by atoms with Gasteiger partial charge in [0.15, 0.2) is 0 Å². The van der Waals surface area contributed by atoms with Crippen LogP contribution in [-0.4, -0.2) is 23.9 Å². The Balaban J connectivity index is 1.90. The maximum atomic E-state index is 11.2. The molecule has 0 radical (unpaired) electrons. The van der Waals surface area contributed by atoms with Gasteiger partial charge >= 0.3 is 0 Å². The number of likely N-dealkylation sites (tertiary alicyclic amines) is 1. The minimum atomic E-state index is -0.140. The highest BCUT2D eigenvalue weighted by molar-refractivity contribution is 5.76. The van der Waals surface area contributed by atoms with Gasteiger partial charge in [-0.1, -0.05) is 45.0 Å². The SMILES string of the molecule is CC(C)(C)c1ccc(CN2CCC(C(N)=O)CC2)cc1. The maximum Gasteiger partial charge on any atom is 0.220 e. The first-order valence-corrected chi connectivity index (χ1v) is 7.47. The monoisotopic (exact) mass is 274 g/mol. The van der Waals surface area contributed by atoms with E-state index in [1.807, 2.05) is 0 Å². The lowest BCUT2D eigenvalue weighted by Gasteiger charge is -2.30. The third-order valence-electron chi connectivity index (χ3n) is 4.22. The number of hydrogen-bond acceptors (Lipinski definition) is 2. The number of primary amides is 1. The van der Waals surface area contributed by atoms with E-state index >= 15 is 0 Å². The highest BCUT2D eigenvalue weighted by Crippen LogP contribution is 2.23. The van der Waals surface area contributed by atoms with Gasteiger partial charge in [-0.15, -0.1) is 0 Å². The van der Waals surface area contributed by atoms with E-state index < -0.39 is 0 Å². The highest BCUT2D eigenvalue weighted by atomic mass is 16.1. The molecule has 0 aromatic heterocycles. The Labute approximate surface area is 122 Å². The summed E-state index contributed by atoms with van der Waals surface area (Å²) in [7, 11) is 0. The van der Waals surface area contributed by atoms with E-state index in [0.29, 0.717) is 0 Å². The molecule has 0 saturated carbocycles. The lowest BCUT2D eigenvalue weighted by molar-refractivity contribution is -0.123. The van der Waals surface area contributed by atoms with Gasteiger partial charge in [0.1, 0.15) is 0 Å². The summed E-state index contributed by atoms with van der Waals surface area (Å²) < 4.78 is 0. The van der Waals surface area contributed by atoms with Crippen LogP contribution in [0.15, 0.2) is 24.3 Å². The number of nitrogens with zero attached hydrogens (tertiary/aromatic N) is 1. The Morgan fingerprint density at radius 3 is 2.20 bits per heavy atom. The number of carbonyl (C=O) groups is 1. The zero-order chi connectivity index (χ0) is 14.8. The van der Waals surface area contributed by atoms with Crippen molar-refractivity contribution in [3.8, 4) is 0 Å². The Morgan fingerprint density at radius 1 is 1.20 bits per heavy atom. The molecule has 0 aliphatic carbocycles. The van der Waals surface area contributed by atoms with E-state index in [2.05, 4.69) is 49.9 Å². The minimum Gasteiger partial charge on any atom is -0.369 e. The quantitative estimate of drug-likeness (QED) is 0.921. The zero-order valence-electron chi connectivity index (χ0n) is 12.9. The predicted octanol–water partition coefficient (Wildman–Crippen LogP) is 2.68. The molecule has 110 valence electrons. The van der Waals surface area contributed by atoms with E-state index in [9.17, 15) is 4.79 Å². The number of benzene rings is 1. The molecular weight excluding hydrogens is 248 g/mol. The van der Waals surface area contributed by atoms with Crippen molar-refractivity contribution < 1.29 is 4.79 Å². The average molecular weight is 274 g/mol. The molecule has 0 atom stereocenters. The predicted molar refractivity (Wildman–Crippen MR) is 82.3 cm³/mol. The molecule has 1 fully saturated rings. The van der Waals surface area contributed by atoms with Crippen LogP contribution < -0.4 is 5.73 Å². The van der Waals surface area contributed by atoms with Crippen LogP contribution in [0.1, 0.15) is 44.7 Å². The van der Waals surface area contributed by atoms with E-state index in [-0.39, 0.29) is 17.2 Å². The highest BCUT2D eigenvalue weighted by Gasteiger charge is 2.23. The van der Waals surface area contributed by atoms with E-state index in [1.54, 1.807) is 0 Å². The van der Waals surface area contributed by atoms with Gasteiger partial charge in [-0.05, 0) is 42.5 Å². The minimum absolute atomic E-state index is 0.0783. The number of hydrogen-bond donors (Lipinski definition) is 1. The second-order valence-corrected chi connectivity index (χ2v) is 6.90. The molecule has 1 heterocycles. The molecule has 1 aliphatic rings. The van der Waals surface area contributed by atoms with Crippen molar-refractivity contribution in [1.82, 2.24) is 4.90 Å². The normalized spacial score (nSPS) is 18.1. The fourth-order valence-corrected chi connectivity index (χ4v) is 2.74. The molecule has 2 rings (SSSR count). The Kier molecular flexibility index (Phi) is 4.48. The Bertz CT molecular complexity index is 451. The number of nitrogens with two attached hydrogens (primary N) is 1. The lowest BCUT2D eigenvalue weighted by atomic mass is 9.86. The first-order valence-electron chi connectivity index (χ1n) is 7.47. The smallest absolute Gasteiger partial charge is 0.220 e. The van der Waals surface area contributed by atoms with Crippen molar-refractivity contribution in [3.05, 3.63) is 35.4 Å². The van der Waals surface area contributed by atoms with Crippen molar-refractivity contribution in [1.29, 1.82) is 0 Å². The van der Waals surface area contributed by atoms with Crippen LogP contribution in [0.25, 0.3) is 0 Å². The second-order valence-electron chi connectivity index (χ2n) is 6.90. The van der Waals surface area contributed by atoms with Gasteiger partial charge in [0.25, 0.3) is 0 Å². The van der Waals surface area contributed by atoms with E-state index in [1.165, 1.54) is 11.1 Å². The van der Waals surface area contributed by atoms with E-state index in [0.717, 1.165) is 32.5 Å². The largest absolute Gasteiger partial charge is 0.369 e. The first kappa shape index (κ1) is 15.0. The van der Waals surface area contributed by atoms with Crippen LogP contribution in [0.5, 0.6) is 0 Å². The molecule has 20 heavy (non-hydrogen) atoms. The van der Waals surface area contributed by atoms with Crippen LogP contribution in [0.3, 0.4) is 0 Å². The van der Waals surface area contributed by atoms with Gasteiger partial charge in [0.2, 0.25) is 5.91 Å². The van der Waals surface area contributed by atoms with Crippen molar-refractivity contribution >= 4 is 5.91 Å². The van der Waals surface area contributed by atoms with E-state index in [4.69, 9.17) is 5.73 Å². The lowest BCUT2D eigenvalue weighted by Crippen LogP contribution is -2.38. The van der Waals surface area contributed by atoms with Crippen molar-refractivity contribution in [2.75, 3.05) is 13.1 Å². The van der Waals surface area contributed by atoms with Crippen LogP contribution in [0, 0.1) is 5.92 Å². The summed E-state index contributed by atoms with van der Waals surface area (Å²) in [5.74, 6) is -0.0614. The van der Waals surface area contributed by atoms with Crippen LogP contribution in [0.4, 0.5) is 0 Å². The fourth-order valence-electron chi connectivity index (χ4n) is 2.74. The molecule has 0 unspecified atom stereocenters. The standard InChI is InChI=1S/C17H26N2O/c1-17(2,3)15-6-4-13(5-7-15)12-19-10-8-14(9-11-19)16(18)20/h4-7,14H,8-12H2,1-3H3,(H2,18,20). The Morgan fingerprint density at radius 2 is 1.75 bits per heavy atom. The van der Waals surface area contributed by atoms with Gasteiger partial charge in [-0.25, -0.2) is 0 Å². The molecule has 2 N–H and O–H groups in total. The van der Waals surface area contributed by atoms with Gasteiger partial charge in [0.05, 0.1) is 0 Å². The summed E-state index contributed by atoms with van der Waals surface area (Å²) in [5, 5.41) is 0. The fraction of sp³-hybridized carbons (Fsp3) is 0.588. The molecule has 3 heteroatoms. The van der Waals surface area contributed by atoms with Crippen molar-refractivity contribution in [3.63, 3.8) is 0 Å². The molecule has 1 saturated heterocycles. The number of amides is 1. The van der Waals surface area contributed by atoms with Gasteiger partial charge in [-0.3, -0.25) is 9.69 Å². The van der Waals surface area contributed by atoms with Crippen LogP contribution in [-0.2, 0) is 16.8 Å². The summed E-state index contributed by atoms with van der Waals surface area (Å²) in [6.07, 6.45) is 1.80. The molecule has 0 bridgehead atoms. The summed E-state index contributed by atoms with van der Waals surface area (Å²) in [5.41, 5.74) is 8.28. The summed E-state index contributed by atoms with van der Waals surface area (Å²) in [4.78, 5) is 13.6.